The van der Waals surface area contributed by atoms with Crippen LogP contribution in [-0.4, -0.2) is 16.1 Å². The number of rotatable bonds is 2. The molecule has 94 valence electrons. The van der Waals surface area contributed by atoms with Gasteiger partial charge in [0.1, 0.15) is 0 Å². The maximum absolute atomic E-state index is 11.4. The average molecular weight is 243 g/mol. The first-order valence-corrected chi connectivity index (χ1v) is 6.06. The molecule has 1 heterocycles. The van der Waals surface area contributed by atoms with Crippen molar-refractivity contribution in [2.45, 2.75) is 33.6 Å². The van der Waals surface area contributed by atoms with Crippen molar-refractivity contribution in [3.05, 3.63) is 40.6 Å². The summed E-state index contributed by atoms with van der Waals surface area (Å²) < 4.78 is 0. The van der Waals surface area contributed by atoms with Crippen LogP contribution in [0.3, 0.4) is 0 Å². The molecular formula is C15H17NO2. The van der Waals surface area contributed by atoms with Gasteiger partial charge in [0.2, 0.25) is 0 Å². The second-order valence-corrected chi connectivity index (χ2v) is 4.98. The number of benzene rings is 1. The molecule has 3 nitrogen and oxygen atoms in total. The van der Waals surface area contributed by atoms with Gasteiger partial charge in [-0.3, -0.25) is 4.98 Å². The predicted octanol–water partition coefficient (Wildman–Crippen LogP) is 3.67. The van der Waals surface area contributed by atoms with Gasteiger partial charge in [-0.05, 0) is 37.0 Å². The molecule has 0 fully saturated rings. The molecule has 0 unspecified atom stereocenters. The van der Waals surface area contributed by atoms with Crippen molar-refractivity contribution in [3.8, 4) is 0 Å². The van der Waals surface area contributed by atoms with Gasteiger partial charge in [-0.15, -0.1) is 0 Å². The number of fused-ring (bicyclic) bond motifs is 1. The molecular weight excluding hydrogens is 226 g/mol. The topological polar surface area (TPSA) is 50.2 Å². The summed E-state index contributed by atoms with van der Waals surface area (Å²) in [7, 11) is 0. The molecule has 0 atom stereocenters. The molecule has 2 aromatic rings. The Morgan fingerprint density at radius 2 is 1.83 bits per heavy atom. The number of aryl methyl sites for hydroxylation is 2. The zero-order chi connectivity index (χ0) is 13.4. The summed E-state index contributed by atoms with van der Waals surface area (Å²) in [5, 5.41) is 10.1. The largest absolute Gasteiger partial charge is 0.478 e. The number of carbonyl (C=O) groups is 1. The molecule has 0 radical (unpaired) electrons. The van der Waals surface area contributed by atoms with Crippen LogP contribution in [0, 0.1) is 13.8 Å². The number of aromatic carboxylic acids is 1. The Bertz CT molecular complexity index is 630. The van der Waals surface area contributed by atoms with Gasteiger partial charge in [-0.2, -0.15) is 0 Å². The number of hydrogen-bond donors (Lipinski definition) is 1. The van der Waals surface area contributed by atoms with Crippen LogP contribution in [-0.2, 0) is 0 Å². The van der Waals surface area contributed by atoms with E-state index in [9.17, 15) is 9.90 Å². The first-order chi connectivity index (χ1) is 8.41. The Labute approximate surface area is 106 Å². The predicted molar refractivity (Wildman–Crippen MR) is 72.3 cm³/mol. The van der Waals surface area contributed by atoms with Gasteiger partial charge in [0.25, 0.3) is 0 Å². The summed E-state index contributed by atoms with van der Waals surface area (Å²) in [6, 6.07) is 5.63. The van der Waals surface area contributed by atoms with Crippen LogP contribution in [0.5, 0.6) is 0 Å². The molecule has 3 heteroatoms. The summed E-state index contributed by atoms with van der Waals surface area (Å²) in [6.07, 6.45) is 0. The van der Waals surface area contributed by atoms with Gasteiger partial charge in [-0.1, -0.05) is 26.0 Å². The molecule has 0 amide bonds. The fourth-order valence-electron chi connectivity index (χ4n) is 2.13. The molecule has 2 rings (SSSR count). The van der Waals surface area contributed by atoms with E-state index in [1.165, 1.54) is 0 Å². The van der Waals surface area contributed by atoms with Crippen molar-refractivity contribution in [2.75, 3.05) is 0 Å². The Morgan fingerprint density at radius 1 is 1.22 bits per heavy atom. The maximum Gasteiger partial charge on any atom is 0.336 e. The van der Waals surface area contributed by atoms with Gasteiger partial charge >= 0.3 is 5.97 Å². The summed E-state index contributed by atoms with van der Waals surface area (Å²) in [4.78, 5) is 16.0. The first-order valence-electron chi connectivity index (χ1n) is 6.06. The van der Waals surface area contributed by atoms with E-state index in [1.807, 2.05) is 39.8 Å². The van der Waals surface area contributed by atoms with Crippen LogP contribution in [0.4, 0.5) is 0 Å². The lowest BCUT2D eigenvalue weighted by atomic mass is 9.97. The smallest absolute Gasteiger partial charge is 0.336 e. The number of aromatic nitrogens is 1. The molecule has 1 N–H and O–H groups in total. The average Bonchev–Trinajstić information content (AvgIpc) is 2.32. The van der Waals surface area contributed by atoms with Gasteiger partial charge in [0, 0.05) is 11.1 Å². The summed E-state index contributed by atoms with van der Waals surface area (Å²) >= 11 is 0. The van der Waals surface area contributed by atoms with Crippen molar-refractivity contribution < 1.29 is 9.90 Å². The summed E-state index contributed by atoms with van der Waals surface area (Å²) in [6.45, 7) is 7.92. The summed E-state index contributed by atoms with van der Waals surface area (Å²) in [5.74, 6) is -0.676. The highest BCUT2D eigenvalue weighted by Gasteiger charge is 2.16. The minimum absolute atomic E-state index is 0.215. The quantitative estimate of drug-likeness (QED) is 0.875. The number of hydrogen-bond acceptors (Lipinski definition) is 2. The third kappa shape index (κ3) is 1.96. The van der Waals surface area contributed by atoms with Crippen molar-refractivity contribution in [2.24, 2.45) is 0 Å². The highest BCUT2D eigenvalue weighted by Crippen LogP contribution is 2.27. The monoisotopic (exact) mass is 243 g/mol. The highest BCUT2D eigenvalue weighted by molar-refractivity contribution is 6.04. The van der Waals surface area contributed by atoms with Crippen molar-refractivity contribution >= 4 is 16.9 Å². The fourth-order valence-corrected chi connectivity index (χ4v) is 2.13. The minimum Gasteiger partial charge on any atom is -0.478 e. The molecule has 1 aromatic heterocycles. The second-order valence-electron chi connectivity index (χ2n) is 4.98. The molecule has 18 heavy (non-hydrogen) atoms. The molecule has 0 saturated carbocycles. The zero-order valence-corrected chi connectivity index (χ0v) is 11.1. The van der Waals surface area contributed by atoms with Crippen molar-refractivity contribution in [3.63, 3.8) is 0 Å². The van der Waals surface area contributed by atoms with E-state index in [0.717, 1.165) is 27.7 Å². The van der Waals surface area contributed by atoms with Crippen LogP contribution >= 0.6 is 0 Å². The second kappa shape index (κ2) is 4.41. The number of pyridine rings is 1. The first kappa shape index (κ1) is 12.6. The van der Waals surface area contributed by atoms with Crippen LogP contribution in [0.25, 0.3) is 10.9 Å². The highest BCUT2D eigenvalue weighted by atomic mass is 16.4. The lowest BCUT2D eigenvalue weighted by molar-refractivity contribution is 0.0698. The Balaban J connectivity index is 2.94. The van der Waals surface area contributed by atoms with E-state index in [2.05, 4.69) is 4.98 Å². The minimum atomic E-state index is -0.891. The van der Waals surface area contributed by atoms with E-state index in [-0.39, 0.29) is 5.92 Å². The molecule has 0 aliphatic heterocycles. The van der Waals surface area contributed by atoms with E-state index in [1.54, 1.807) is 6.07 Å². The number of nitrogens with zero attached hydrogens (tertiary/aromatic N) is 1. The van der Waals surface area contributed by atoms with Crippen molar-refractivity contribution in [1.29, 1.82) is 0 Å². The molecule has 1 aromatic carbocycles. The molecule has 0 spiro atoms. The number of carboxylic acid groups (broad SMARTS) is 1. The maximum atomic E-state index is 11.4. The zero-order valence-electron chi connectivity index (χ0n) is 11.1. The Morgan fingerprint density at radius 3 is 2.39 bits per heavy atom. The standard InChI is InChI=1S/C15H17NO2/c1-8(2)12-7-11(15(17)18)13-9(3)5-6-10(4)14(13)16-12/h5-8H,1-4H3,(H,17,18). The van der Waals surface area contributed by atoms with E-state index in [0.29, 0.717) is 5.56 Å². The van der Waals surface area contributed by atoms with E-state index in [4.69, 9.17) is 0 Å². The third-order valence-corrected chi connectivity index (χ3v) is 3.21. The van der Waals surface area contributed by atoms with Gasteiger partial charge in [-0.25, -0.2) is 4.79 Å². The van der Waals surface area contributed by atoms with Gasteiger partial charge in [0.05, 0.1) is 11.1 Å². The van der Waals surface area contributed by atoms with Crippen LogP contribution in [0.2, 0.25) is 0 Å². The Hall–Kier alpha value is -1.90. The molecule has 0 aliphatic carbocycles. The normalized spacial score (nSPS) is 11.2. The number of carboxylic acids is 1. The molecule has 0 saturated heterocycles. The van der Waals surface area contributed by atoms with E-state index >= 15 is 0 Å². The van der Waals surface area contributed by atoms with Crippen molar-refractivity contribution in [1.82, 2.24) is 4.98 Å². The molecule has 0 bridgehead atoms. The Kier molecular flexibility index (Phi) is 3.07. The van der Waals surface area contributed by atoms with Gasteiger partial charge in [0.15, 0.2) is 0 Å². The SMILES string of the molecule is Cc1ccc(C)c2c(C(=O)O)cc(C(C)C)nc12. The lowest BCUT2D eigenvalue weighted by Crippen LogP contribution is -2.05. The van der Waals surface area contributed by atoms with Crippen LogP contribution in [0.1, 0.15) is 46.9 Å². The lowest BCUT2D eigenvalue weighted by Gasteiger charge is -2.12. The van der Waals surface area contributed by atoms with Crippen LogP contribution < -0.4 is 0 Å². The molecule has 0 aliphatic rings. The van der Waals surface area contributed by atoms with Gasteiger partial charge < -0.3 is 5.11 Å². The van der Waals surface area contributed by atoms with E-state index < -0.39 is 5.97 Å². The van der Waals surface area contributed by atoms with Crippen LogP contribution in [0.15, 0.2) is 18.2 Å². The third-order valence-electron chi connectivity index (χ3n) is 3.21. The fraction of sp³-hybridized carbons (Fsp3) is 0.333. The summed E-state index contributed by atoms with van der Waals surface area (Å²) in [5.41, 5.74) is 3.95.